The Morgan fingerprint density at radius 1 is 0.692 bits per heavy atom. The minimum atomic E-state index is -3.17. The molecule has 142 valence electrons. The van der Waals surface area contributed by atoms with Crippen molar-refractivity contribution in [2.24, 2.45) is 0 Å². The number of halogens is 1. The number of hydrogen-bond acceptors (Lipinski definition) is 4. The lowest BCUT2D eigenvalue weighted by Crippen LogP contribution is -2.02. The highest BCUT2D eigenvalue weighted by molar-refractivity contribution is 8.08. The molecule has 2 rings (SSSR count). The van der Waals surface area contributed by atoms with Gasteiger partial charge in [0.1, 0.15) is 11.5 Å². The van der Waals surface area contributed by atoms with Crippen LogP contribution in [0.25, 0.3) is 0 Å². The van der Waals surface area contributed by atoms with Gasteiger partial charge in [0.15, 0.2) is 0 Å². The van der Waals surface area contributed by atoms with Crippen molar-refractivity contribution in [3.05, 3.63) is 58.7 Å². The second kappa shape index (κ2) is 9.75. The van der Waals surface area contributed by atoms with Gasteiger partial charge >= 0.3 is 6.72 Å². The molecule has 0 atom stereocenters. The van der Waals surface area contributed by atoms with Crippen molar-refractivity contribution in [2.75, 3.05) is 0 Å². The maximum atomic E-state index is 5.94. The van der Waals surface area contributed by atoms with E-state index in [1.54, 1.807) is 0 Å². The van der Waals surface area contributed by atoms with E-state index in [1.807, 2.05) is 24.3 Å². The van der Waals surface area contributed by atoms with Gasteiger partial charge in [-0.3, -0.25) is 0 Å². The van der Waals surface area contributed by atoms with Gasteiger partial charge in [-0.25, -0.2) is 0 Å². The molecule has 0 aliphatic heterocycles. The van der Waals surface area contributed by atoms with Gasteiger partial charge in [0, 0.05) is 11.8 Å². The summed E-state index contributed by atoms with van der Waals surface area (Å²) in [5.74, 6) is 1.26. The lowest BCUT2D eigenvalue weighted by molar-refractivity contribution is 0.398. The van der Waals surface area contributed by atoms with Crippen LogP contribution < -0.4 is 9.05 Å². The molecule has 0 spiro atoms. The molecule has 0 saturated carbocycles. The Bertz CT molecular complexity index is 689. The SMILES string of the molecule is CCc1cc(CC)cc(OP(=S)(OCl)Oc2cc(CC)cc(CC)c2)c1. The summed E-state index contributed by atoms with van der Waals surface area (Å²) in [4.78, 5) is 0. The zero-order chi connectivity index (χ0) is 19.2. The maximum Gasteiger partial charge on any atom is 0.451 e. The molecule has 3 nitrogen and oxygen atoms in total. The molecule has 6 heteroatoms. The summed E-state index contributed by atoms with van der Waals surface area (Å²) in [5, 5.41) is 0. The second-order valence-electron chi connectivity index (χ2n) is 6.08. The molecule has 0 fully saturated rings. The van der Waals surface area contributed by atoms with E-state index in [0.717, 1.165) is 25.7 Å². The monoisotopic (exact) mass is 412 g/mol. The van der Waals surface area contributed by atoms with Crippen LogP contribution in [0.1, 0.15) is 49.9 Å². The first kappa shape index (κ1) is 21.2. The molecule has 0 aliphatic carbocycles. The molecule has 0 bridgehead atoms. The van der Waals surface area contributed by atoms with Crippen molar-refractivity contribution in [1.29, 1.82) is 0 Å². The van der Waals surface area contributed by atoms with Gasteiger partial charge in [-0.05, 0) is 72.2 Å². The van der Waals surface area contributed by atoms with Crippen LogP contribution >= 0.6 is 18.6 Å². The number of rotatable bonds is 9. The molecule has 26 heavy (non-hydrogen) atoms. The third-order valence-corrected chi connectivity index (χ3v) is 6.70. The van der Waals surface area contributed by atoms with Gasteiger partial charge in [-0.1, -0.05) is 39.8 Å². The molecule has 0 saturated heterocycles. The molecule has 0 aromatic heterocycles. The third kappa shape index (κ3) is 5.72. The molecule has 0 heterocycles. The Labute approximate surface area is 167 Å². The highest BCUT2D eigenvalue weighted by Crippen LogP contribution is 2.51. The normalized spacial score (nSPS) is 11.4. The molecule has 0 amide bonds. The van der Waals surface area contributed by atoms with Crippen LogP contribution in [0.15, 0.2) is 36.4 Å². The summed E-state index contributed by atoms with van der Waals surface area (Å²) in [6.45, 7) is 5.24. The molecule has 2 aromatic rings. The van der Waals surface area contributed by atoms with Gasteiger partial charge < -0.3 is 9.05 Å². The quantitative estimate of drug-likeness (QED) is 0.424. The van der Waals surface area contributed by atoms with Crippen LogP contribution in [0, 0.1) is 0 Å². The zero-order valence-corrected chi connectivity index (χ0v) is 18.2. The van der Waals surface area contributed by atoms with Crippen molar-refractivity contribution in [3.8, 4) is 11.5 Å². The van der Waals surface area contributed by atoms with Gasteiger partial charge in [0.25, 0.3) is 0 Å². The van der Waals surface area contributed by atoms with E-state index in [9.17, 15) is 0 Å². The fourth-order valence-corrected chi connectivity index (χ4v) is 4.19. The van der Waals surface area contributed by atoms with Crippen molar-refractivity contribution in [2.45, 2.75) is 53.4 Å². The predicted molar refractivity (Wildman–Crippen MR) is 113 cm³/mol. The number of aryl methyl sites for hydroxylation is 4. The largest absolute Gasteiger partial charge is 0.451 e. The topological polar surface area (TPSA) is 27.7 Å². The average molecular weight is 413 g/mol. The third-order valence-electron chi connectivity index (χ3n) is 4.20. The highest BCUT2D eigenvalue weighted by atomic mass is 35.5. The fourth-order valence-electron chi connectivity index (χ4n) is 2.68. The van der Waals surface area contributed by atoms with Gasteiger partial charge in [-0.2, -0.15) is 4.08 Å². The van der Waals surface area contributed by atoms with Crippen molar-refractivity contribution in [3.63, 3.8) is 0 Å². The maximum absolute atomic E-state index is 5.94. The first-order valence-corrected chi connectivity index (χ1v) is 11.9. The van der Waals surface area contributed by atoms with E-state index < -0.39 is 6.72 Å². The van der Waals surface area contributed by atoms with Crippen LogP contribution in [0.3, 0.4) is 0 Å². The van der Waals surface area contributed by atoms with Crippen molar-refractivity contribution < 1.29 is 13.1 Å². The van der Waals surface area contributed by atoms with Gasteiger partial charge in [0.05, 0.1) is 11.9 Å². The van der Waals surface area contributed by atoms with E-state index >= 15 is 0 Å². The summed E-state index contributed by atoms with van der Waals surface area (Å²) >= 11 is 11.2. The Morgan fingerprint density at radius 3 is 1.23 bits per heavy atom. The zero-order valence-electron chi connectivity index (χ0n) is 15.8. The van der Waals surface area contributed by atoms with Crippen LogP contribution in [0.2, 0.25) is 0 Å². The first-order valence-electron chi connectivity index (χ1n) is 9.00. The molecular formula is C20H26ClO3PS. The lowest BCUT2D eigenvalue weighted by Gasteiger charge is -2.21. The van der Waals surface area contributed by atoms with E-state index in [1.165, 1.54) is 22.3 Å². The second-order valence-corrected chi connectivity index (χ2v) is 9.24. The summed E-state index contributed by atoms with van der Waals surface area (Å²) in [6.07, 6.45) is 3.64. The summed E-state index contributed by atoms with van der Waals surface area (Å²) in [5.41, 5.74) is 4.71. The molecule has 0 aliphatic rings. The minimum absolute atomic E-state index is 0.632. The van der Waals surface area contributed by atoms with E-state index in [2.05, 4.69) is 39.8 Å². The van der Waals surface area contributed by atoms with Gasteiger partial charge in [-0.15, -0.1) is 0 Å². The van der Waals surface area contributed by atoms with E-state index in [4.69, 9.17) is 36.8 Å². The number of hydrogen-bond donors (Lipinski definition) is 0. The molecule has 0 unspecified atom stereocenters. The van der Waals surface area contributed by atoms with E-state index in [-0.39, 0.29) is 0 Å². The molecular weight excluding hydrogens is 387 g/mol. The van der Waals surface area contributed by atoms with Crippen LogP contribution in [0.4, 0.5) is 0 Å². The Balaban J connectivity index is 2.30. The summed E-state index contributed by atoms with van der Waals surface area (Å²) in [7, 11) is 0. The Morgan fingerprint density at radius 2 is 1.00 bits per heavy atom. The summed E-state index contributed by atoms with van der Waals surface area (Å²) < 4.78 is 16.9. The Hall–Kier alpha value is -1.06. The van der Waals surface area contributed by atoms with Crippen molar-refractivity contribution >= 4 is 30.4 Å². The molecule has 0 N–H and O–H groups in total. The number of benzene rings is 2. The van der Waals surface area contributed by atoms with Crippen LogP contribution in [-0.4, -0.2) is 0 Å². The standard InChI is InChI=1S/C20H26ClO3PS/c1-5-15-9-16(6-2)12-19(11-15)22-25(26,24-21)23-20-13-17(7-3)10-18(8-4)14-20/h9-14H,5-8H2,1-4H3. The van der Waals surface area contributed by atoms with Crippen LogP contribution in [-0.2, 0) is 41.6 Å². The molecule has 2 aromatic carbocycles. The summed E-state index contributed by atoms with van der Waals surface area (Å²) in [6, 6.07) is 12.2. The van der Waals surface area contributed by atoms with Crippen molar-refractivity contribution in [1.82, 2.24) is 0 Å². The molecule has 0 radical (unpaired) electrons. The lowest BCUT2D eigenvalue weighted by atomic mass is 10.1. The first-order chi connectivity index (χ1) is 12.4. The van der Waals surface area contributed by atoms with Crippen LogP contribution in [0.5, 0.6) is 11.5 Å². The highest BCUT2D eigenvalue weighted by Gasteiger charge is 2.25. The fraction of sp³-hybridized carbons (Fsp3) is 0.400. The minimum Gasteiger partial charge on any atom is -0.415 e. The van der Waals surface area contributed by atoms with E-state index in [0.29, 0.717) is 11.5 Å². The average Bonchev–Trinajstić information content (AvgIpc) is 2.66. The Kier molecular flexibility index (Phi) is 7.97. The predicted octanol–water partition coefficient (Wildman–Crippen LogP) is 6.79. The van der Waals surface area contributed by atoms with Gasteiger partial charge in [0.2, 0.25) is 0 Å². The smallest absolute Gasteiger partial charge is 0.415 e.